The fraction of sp³-hybridized carbons (Fsp3) is 0.484. The number of pyridine rings is 1. The minimum atomic E-state index is -1.48. The molecule has 1 aromatic carbocycles. The molecule has 1 aliphatic rings. The maximum Gasteiger partial charge on any atom is 0.332 e. The molecule has 0 unspecified atom stereocenters. The Morgan fingerprint density at radius 2 is 1.80 bits per heavy atom. The van der Waals surface area contributed by atoms with Gasteiger partial charge in [0, 0.05) is 18.1 Å². The highest BCUT2D eigenvalue weighted by molar-refractivity contribution is 6.19. The summed E-state index contributed by atoms with van der Waals surface area (Å²) in [7, 11) is 1.31. The average molecular weight is 633 g/mol. The van der Waals surface area contributed by atoms with Crippen molar-refractivity contribution in [2.24, 2.45) is 17.3 Å². The minimum Gasteiger partial charge on any atom is -0.493 e. The molecule has 12 nitrogen and oxygen atoms in total. The highest BCUT2D eigenvalue weighted by atomic mass is 35.5. The lowest BCUT2D eigenvalue weighted by molar-refractivity contribution is -0.176. The van der Waals surface area contributed by atoms with Crippen LogP contribution >= 0.6 is 11.6 Å². The zero-order valence-electron chi connectivity index (χ0n) is 25.5. The molecule has 1 N–H and O–H groups in total. The molecule has 0 spiro atoms. The highest BCUT2D eigenvalue weighted by Gasteiger charge is 2.42. The van der Waals surface area contributed by atoms with Gasteiger partial charge < -0.3 is 29.0 Å². The van der Waals surface area contributed by atoms with Crippen LogP contribution in [0, 0.1) is 17.3 Å². The van der Waals surface area contributed by atoms with Crippen LogP contribution in [-0.4, -0.2) is 72.6 Å². The lowest BCUT2D eigenvalue weighted by atomic mass is 9.91. The quantitative estimate of drug-likeness (QED) is 0.233. The van der Waals surface area contributed by atoms with Crippen LogP contribution in [-0.2, 0) is 39.8 Å². The fourth-order valence-corrected chi connectivity index (χ4v) is 4.22. The van der Waals surface area contributed by atoms with Gasteiger partial charge in [-0.05, 0) is 32.8 Å². The molecule has 1 aliphatic heterocycles. The molecule has 0 aliphatic carbocycles. The number of rotatable bonds is 10. The number of alkyl halides is 1. The Labute approximate surface area is 260 Å². The van der Waals surface area contributed by atoms with E-state index < -0.39 is 71.9 Å². The number of carbonyl (C=O) groups excluding carboxylic acids is 5. The second kappa shape index (κ2) is 15.0. The van der Waals surface area contributed by atoms with Gasteiger partial charge >= 0.3 is 23.9 Å². The standard InChI is InChI=1S/C31H37ClN2O10/c1-17(2)27(36)43-24-18(3)42-29(38)21(15-41-28(37)20(24)14-19-10-8-7-9-11-19)34-26(35)23-25(22(40-6)12-13-33-23)44-30(39)31(4,5)16-32/h7-13,17-18,20-21,24H,14-16H2,1-6H3,(H,34,35)/t18-,20+,21-,24-/m0/s1. The molecule has 1 saturated heterocycles. The Bertz CT molecular complexity index is 1360. The summed E-state index contributed by atoms with van der Waals surface area (Å²) in [5.74, 6) is -5.84. The van der Waals surface area contributed by atoms with Crippen molar-refractivity contribution in [3.63, 3.8) is 0 Å². The molecule has 1 amide bonds. The van der Waals surface area contributed by atoms with E-state index in [1.807, 2.05) is 6.07 Å². The first-order valence-electron chi connectivity index (χ1n) is 14.0. The number of esters is 4. The number of carbonyl (C=O) groups is 5. The molecule has 2 heterocycles. The fourth-order valence-electron chi connectivity index (χ4n) is 4.11. The van der Waals surface area contributed by atoms with Gasteiger partial charge in [-0.3, -0.25) is 19.2 Å². The summed E-state index contributed by atoms with van der Waals surface area (Å²) in [5.41, 5.74) is -0.708. The molecular weight excluding hydrogens is 596 g/mol. The largest absolute Gasteiger partial charge is 0.493 e. The smallest absolute Gasteiger partial charge is 0.332 e. The van der Waals surface area contributed by atoms with Crippen LogP contribution in [0.15, 0.2) is 42.6 Å². The van der Waals surface area contributed by atoms with Crippen LogP contribution in [0.4, 0.5) is 0 Å². The number of halogens is 1. The van der Waals surface area contributed by atoms with Crippen molar-refractivity contribution in [2.75, 3.05) is 19.6 Å². The van der Waals surface area contributed by atoms with Gasteiger partial charge in [0.2, 0.25) is 5.75 Å². The number of nitrogens with one attached hydrogen (secondary N) is 1. The van der Waals surface area contributed by atoms with Crippen molar-refractivity contribution >= 4 is 41.4 Å². The van der Waals surface area contributed by atoms with Crippen molar-refractivity contribution in [1.29, 1.82) is 0 Å². The first-order valence-corrected chi connectivity index (χ1v) is 14.6. The molecule has 3 rings (SSSR count). The molecule has 0 saturated carbocycles. The summed E-state index contributed by atoms with van der Waals surface area (Å²) >= 11 is 5.90. The van der Waals surface area contributed by atoms with Crippen LogP contribution in [0.3, 0.4) is 0 Å². The summed E-state index contributed by atoms with van der Waals surface area (Å²) in [6.07, 6.45) is -0.876. The second-order valence-electron chi connectivity index (χ2n) is 11.2. The summed E-state index contributed by atoms with van der Waals surface area (Å²) in [6.45, 7) is 7.30. The van der Waals surface area contributed by atoms with E-state index >= 15 is 0 Å². The van der Waals surface area contributed by atoms with Crippen LogP contribution in [0.25, 0.3) is 0 Å². The average Bonchev–Trinajstić information content (AvgIpc) is 3.03. The van der Waals surface area contributed by atoms with Gasteiger partial charge in [0.1, 0.15) is 18.6 Å². The zero-order valence-corrected chi connectivity index (χ0v) is 26.2. The van der Waals surface area contributed by atoms with E-state index in [9.17, 15) is 24.0 Å². The van der Waals surface area contributed by atoms with Gasteiger partial charge in [0.25, 0.3) is 5.91 Å². The number of benzene rings is 1. The molecule has 44 heavy (non-hydrogen) atoms. The number of cyclic esters (lactones) is 2. The summed E-state index contributed by atoms with van der Waals surface area (Å²) in [4.78, 5) is 69.5. The number of ether oxygens (including phenoxy) is 5. The Balaban J connectivity index is 1.91. The predicted octanol–water partition coefficient (Wildman–Crippen LogP) is 3.27. The number of hydrogen-bond acceptors (Lipinski definition) is 11. The lowest BCUT2D eigenvalue weighted by Crippen LogP contribution is -2.47. The van der Waals surface area contributed by atoms with Crippen LogP contribution < -0.4 is 14.8 Å². The van der Waals surface area contributed by atoms with Crippen molar-refractivity contribution in [3.05, 3.63) is 53.9 Å². The van der Waals surface area contributed by atoms with Gasteiger partial charge in [0.15, 0.2) is 23.6 Å². The first-order chi connectivity index (χ1) is 20.8. The van der Waals surface area contributed by atoms with E-state index in [1.54, 1.807) is 52.0 Å². The van der Waals surface area contributed by atoms with E-state index in [-0.39, 0.29) is 29.5 Å². The molecule has 1 fully saturated rings. The number of amides is 1. The number of hydrogen-bond donors (Lipinski definition) is 1. The molecular formula is C31H37ClN2O10. The monoisotopic (exact) mass is 632 g/mol. The van der Waals surface area contributed by atoms with Crippen LogP contribution in [0.1, 0.15) is 50.7 Å². The summed E-state index contributed by atoms with van der Waals surface area (Å²) in [5, 5.41) is 2.44. The lowest BCUT2D eigenvalue weighted by Gasteiger charge is -2.29. The third kappa shape index (κ3) is 8.46. The van der Waals surface area contributed by atoms with Crippen LogP contribution in [0.2, 0.25) is 0 Å². The molecule has 238 valence electrons. The van der Waals surface area contributed by atoms with Crippen LogP contribution in [0.5, 0.6) is 11.5 Å². The molecule has 4 atom stereocenters. The third-order valence-corrected chi connectivity index (χ3v) is 7.52. The molecule has 0 bridgehead atoms. The van der Waals surface area contributed by atoms with Crippen molar-refractivity contribution in [2.45, 2.75) is 59.3 Å². The predicted molar refractivity (Wildman–Crippen MR) is 157 cm³/mol. The van der Waals surface area contributed by atoms with Crippen molar-refractivity contribution in [1.82, 2.24) is 10.3 Å². The van der Waals surface area contributed by atoms with Crippen molar-refractivity contribution in [3.8, 4) is 11.5 Å². The van der Waals surface area contributed by atoms with Gasteiger partial charge in [-0.1, -0.05) is 44.2 Å². The van der Waals surface area contributed by atoms with Gasteiger partial charge in [-0.2, -0.15) is 0 Å². The molecule has 2 aromatic rings. The normalized spacial score (nSPS) is 20.7. The van der Waals surface area contributed by atoms with Gasteiger partial charge in [0.05, 0.1) is 18.4 Å². The topological polar surface area (TPSA) is 156 Å². The Hall–Kier alpha value is -4.19. The SMILES string of the molecule is COc1ccnc(C(=O)N[C@H]2COC(=O)[C@H](Cc3ccccc3)[C@@H](OC(=O)C(C)C)[C@H](C)OC2=O)c1OC(=O)C(C)(C)CCl. The number of nitrogens with zero attached hydrogens (tertiary/aromatic N) is 1. The van der Waals surface area contributed by atoms with Gasteiger partial charge in [-0.25, -0.2) is 9.78 Å². The highest BCUT2D eigenvalue weighted by Crippen LogP contribution is 2.32. The first kappa shape index (κ1) is 34.3. The van der Waals surface area contributed by atoms with E-state index in [2.05, 4.69) is 10.3 Å². The van der Waals surface area contributed by atoms with Gasteiger partial charge in [-0.15, -0.1) is 11.6 Å². The maximum absolute atomic E-state index is 13.4. The Morgan fingerprint density at radius 3 is 2.41 bits per heavy atom. The second-order valence-corrected chi connectivity index (χ2v) is 11.5. The van der Waals surface area contributed by atoms with E-state index in [1.165, 1.54) is 26.3 Å². The summed E-state index contributed by atoms with van der Waals surface area (Å²) in [6, 6.07) is 8.93. The van der Waals surface area contributed by atoms with Crippen molar-refractivity contribution < 1.29 is 47.7 Å². The summed E-state index contributed by atoms with van der Waals surface area (Å²) < 4.78 is 27.5. The minimum absolute atomic E-state index is 0.0273. The zero-order chi connectivity index (χ0) is 32.6. The maximum atomic E-state index is 13.4. The third-order valence-electron chi connectivity index (χ3n) is 6.85. The van der Waals surface area contributed by atoms with E-state index in [4.69, 9.17) is 35.3 Å². The molecule has 1 aromatic heterocycles. The number of methoxy groups -OCH3 is 1. The Kier molecular flexibility index (Phi) is 11.7. The Morgan fingerprint density at radius 1 is 1.11 bits per heavy atom. The molecule has 0 radical (unpaired) electrons. The number of aromatic nitrogens is 1. The van der Waals surface area contributed by atoms with E-state index in [0.29, 0.717) is 0 Å². The molecule has 13 heteroatoms. The van der Waals surface area contributed by atoms with E-state index in [0.717, 1.165) is 5.56 Å².